The molecule has 0 aliphatic heterocycles. The van der Waals surface area contributed by atoms with Gasteiger partial charge in [-0.2, -0.15) is 0 Å². The first-order valence-electron chi connectivity index (χ1n) is 6.51. The summed E-state index contributed by atoms with van der Waals surface area (Å²) < 4.78 is 5.15. The number of carbonyl (C=O) groups excluding carboxylic acids is 2. The normalized spacial score (nSPS) is 12.9. The van der Waals surface area contributed by atoms with Gasteiger partial charge in [0.2, 0.25) is 0 Å². The molecule has 1 unspecified atom stereocenters. The van der Waals surface area contributed by atoms with Crippen LogP contribution in [0.4, 0.5) is 0 Å². The van der Waals surface area contributed by atoms with Crippen LogP contribution in [0.15, 0.2) is 0 Å². The van der Waals surface area contributed by atoms with Crippen molar-refractivity contribution in [3.8, 4) is 0 Å². The van der Waals surface area contributed by atoms with Gasteiger partial charge in [0, 0.05) is 0 Å². The zero-order valence-electron chi connectivity index (χ0n) is 11.8. The molecule has 0 aliphatic rings. The van der Waals surface area contributed by atoms with E-state index in [0.717, 1.165) is 12.8 Å². The van der Waals surface area contributed by atoms with Crippen LogP contribution in [0.1, 0.15) is 53.9 Å². The first-order chi connectivity index (χ1) is 7.84. The number of Topliss-reactive ketones (excluding diaryl/α,β-unsaturated/α-hetero) is 1. The Morgan fingerprint density at radius 2 is 1.47 bits per heavy atom. The number of ether oxygens (including phenoxy) is 1. The highest BCUT2D eigenvalue weighted by Gasteiger charge is 2.24. The Morgan fingerprint density at radius 3 is 1.88 bits per heavy atom. The molecule has 0 spiro atoms. The number of rotatable bonds is 8. The molecule has 0 saturated carbocycles. The van der Waals surface area contributed by atoms with Crippen LogP contribution in [0.3, 0.4) is 0 Å². The van der Waals surface area contributed by atoms with E-state index in [1.807, 2.05) is 0 Å². The van der Waals surface area contributed by atoms with Crippen LogP contribution in [-0.4, -0.2) is 18.4 Å². The second-order valence-electron chi connectivity index (χ2n) is 5.48. The Morgan fingerprint density at radius 1 is 0.941 bits per heavy atom. The standard InChI is InChI=1S/C14H26O3/c1-10(2)6-7-13(12(5)15)14(16)17-9-8-11(3)4/h10-11,13H,6-9H2,1-5H3. The molecule has 0 aromatic carbocycles. The van der Waals surface area contributed by atoms with Crippen molar-refractivity contribution < 1.29 is 14.3 Å². The van der Waals surface area contributed by atoms with Crippen molar-refractivity contribution in [2.45, 2.75) is 53.9 Å². The summed E-state index contributed by atoms with van der Waals surface area (Å²) in [6.45, 7) is 10.2. The molecule has 0 radical (unpaired) electrons. The molecular formula is C14H26O3. The molecule has 0 bridgehead atoms. The average molecular weight is 242 g/mol. The third-order valence-corrected chi connectivity index (χ3v) is 2.75. The molecule has 0 heterocycles. The van der Waals surface area contributed by atoms with Gasteiger partial charge < -0.3 is 4.74 Å². The van der Waals surface area contributed by atoms with Gasteiger partial charge in [0.15, 0.2) is 0 Å². The van der Waals surface area contributed by atoms with E-state index in [1.165, 1.54) is 6.92 Å². The van der Waals surface area contributed by atoms with Crippen LogP contribution in [0.25, 0.3) is 0 Å². The van der Waals surface area contributed by atoms with Crippen LogP contribution in [0.5, 0.6) is 0 Å². The zero-order chi connectivity index (χ0) is 13.4. The van der Waals surface area contributed by atoms with Gasteiger partial charge in [-0.25, -0.2) is 0 Å². The largest absolute Gasteiger partial charge is 0.465 e. The molecule has 0 N–H and O–H groups in total. The summed E-state index contributed by atoms with van der Waals surface area (Å²) in [5.41, 5.74) is 0. The number of hydrogen-bond donors (Lipinski definition) is 0. The quantitative estimate of drug-likeness (QED) is 0.485. The monoisotopic (exact) mass is 242 g/mol. The van der Waals surface area contributed by atoms with Crippen molar-refractivity contribution in [3.05, 3.63) is 0 Å². The van der Waals surface area contributed by atoms with Gasteiger partial charge in [0.05, 0.1) is 6.61 Å². The highest BCUT2D eigenvalue weighted by atomic mass is 16.5. The van der Waals surface area contributed by atoms with Gasteiger partial charge in [0.25, 0.3) is 0 Å². The van der Waals surface area contributed by atoms with Crippen molar-refractivity contribution in [2.24, 2.45) is 17.8 Å². The molecule has 3 nitrogen and oxygen atoms in total. The predicted molar refractivity (Wildman–Crippen MR) is 68.7 cm³/mol. The maximum atomic E-state index is 11.7. The average Bonchev–Trinajstić information content (AvgIpc) is 2.16. The molecule has 17 heavy (non-hydrogen) atoms. The smallest absolute Gasteiger partial charge is 0.316 e. The Labute approximate surface area is 105 Å². The van der Waals surface area contributed by atoms with E-state index in [2.05, 4.69) is 27.7 Å². The topological polar surface area (TPSA) is 43.4 Å². The van der Waals surface area contributed by atoms with E-state index < -0.39 is 5.92 Å². The fourth-order valence-corrected chi connectivity index (χ4v) is 1.48. The molecule has 0 saturated heterocycles. The maximum absolute atomic E-state index is 11.7. The van der Waals surface area contributed by atoms with E-state index in [1.54, 1.807) is 0 Å². The van der Waals surface area contributed by atoms with Crippen molar-refractivity contribution in [1.82, 2.24) is 0 Å². The second kappa shape index (κ2) is 8.26. The van der Waals surface area contributed by atoms with Gasteiger partial charge in [0.1, 0.15) is 11.7 Å². The predicted octanol–water partition coefficient (Wildman–Crippen LogP) is 3.22. The van der Waals surface area contributed by atoms with E-state index in [9.17, 15) is 9.59 Å². The van der Waals surface area contributed by atoms with E-state index in [-0.39, 0.29) is 11.8 Å². The molecule has 100 valence electrons. The third kappa shape index (κ3) is 7.94. The van der Waals surface area contributed by atoms with Gasteiger partial charge in [-0.1, -0.05) is 27.7 Å². The first kappa shape index (κ1) is 16.1. The number of esters is 1. The summed E-state index contributed by atoms with van der Waals surface area (Å²) in [5.74, 6) is 0.0121. The summed E-state index contributed by atoms with van der Waals surface area (Å²) in [7, 11) is 0. The van der Waals surface area contributed by atoms with Crippen LogP contribution < -0.4 is 0 Å². The Kier molecular flexibility index (Phi) is 7.85. The van der Waals surface area contributed by atoms with Gasteiger partial charge >= 0.3 is 5.97 Å². The molecule has 0 fully saturated rings. The van der Waals surface area contributed by atoms with Gasteiger partial charge in [-0.3, -0.25) is 9.59 Å². The van der Waals surface area contributed by atoms with Gasteiger partial charge in [-0.15, -0.1) is 0 Å². The molecule has 3 heteroatoms. The van der Waals surface area contributed by atoms with Crippen molar-refractivity contribution in [1.29, 1.82) is 0 Å². The number of ketones is 1. The Balaban J connectivity index is 4.11. The highest BCUT2D eigenvalue weighted by molar-refractivity contribution is 5.97. The van der Waals surface area contributed by atoms with E-state index in [4.69, 9.17) is 4.74 Å². The van der Waals surface area contributed by atoms with Crippen LogP contribution in [0.2, 0.25) is 0 Å². The molecule has 0 amide bonds. The molecule has 0 aliphatic carbocycles. The fourth-order valence-electron chi connectivity index (χ4n) is 1.48. The minimum Gasteiger partial charge on any atom is -0.465 e. The SMILES string of the molecule is CC(=O)C(CCC(C)C)C(=O)OCCC(C)C. The third-order valence-electron chi connectivity index (χ3n) is 2.75. The van der Waals surface area contributed by atoms with Crippen molar-refractivity contribution in [2.75, 3.05) is 6.61 Å². The molecule has 0 aromatic heterocycles. The lowest BCUT2D eigenvalue weighted by Crippen LogP contribution is -2.25. The van der Waals surface area contributed by atoms with Crippen LogP contribution in [-0.2, 0) is 14.3 Å². The summed E-state index contributed by atoms with van der Waals surface area (Å²) >= 11 is 0. The van der Waals surface area contributed by atoms with Crippen LogP contribution in [0, 0.1) is 17.8 Å². The number of carbonyl (C=O) groups is 2. The summed E-state index contributed by atoms with van der Waals surface area (Å²) in [6, 6.07) is 0. The van der Waals surface area contributed by atoms with Crippen LogP contribution >= 0.6 is 0 Å². The molecule has 0 rings (SSSR count). The Hall–Kier alpha value is -0.860. The zero-order valence-corrected chi connectivity index (χ0v) is 11.8. The number of hydrogen-bond acceptors (Lipinski definition) is 3. The Bertz CT molecular complexity index is 244. The highest BCUT2D eigenvalue weighted by Crippen LogP contribution is 2.15. The summed E-state index contributed by atoms with van der Waals surface area (Å²) in [5, 5.41) is 0. The van der Waals surface area contributed by atoms with E-state index in [0.29, 0.717) is 24.9 Å². The lowest BCUT2D eigenvalue weighted by Gasteiger charge is -2.14. The first-order valence-corrected chi connectivity index (χ1v) is 6.51. The van der Waals surface area contributed by atoms with Crippen molar-refractivity contribution >= 4 is 11.8 Å². The lowest BCUT2D eigenvalue weighted by molar-refractivity contribution is -0.152. The minimum absolute atomic E-state index is 0.0832. The molecule has 1 atom stereocenters. The molecule has 0 aromatic rings. The van der Waals surface area contributed by atoms with Crippen molar-refractivity contribution in [3.63, 3.8) is 0 Å². The summed E-state index contributed by atoms with van der Waals surface area (Å²) in [6.07, 6.45) is 2.33. The second-order valence-corrected chi connectivity index (χ2v) is 5.48. The van der Waals surface area contributed by atoms with E-state index >= 15 is 0 Å². The fraction of sp³-hybridized carbons (Fsp3) is 0.857. The minimum atomic E-state index is -0.565. The maximum Gasteiger partial charge on any atom is 0.316 e. The molecular weight excluding hydrogens is 216 g/mol. The van der Waals surface area contributed by atoms with Gasteiger partial charge in [-0.05, 0) is 38.0 Å². The lowest BCUT2D eigenvalue weighted by atomic mass is 9.95. The summed E-state index contributed by atoms with van der Waals surface area (Å²) in [4.78, 5) is 23.1.